The van der Waals surface area contributed by atoms with Gasteiger partial charge in [-0.25, -0.2) is 4.79 Å². The van der Waals surface area contributed by atoms with Crippen molar-refractivity contribution in [2.24, 2.45) is 0 Å². The van der Waals surface area contributed by atoms with E-state index in [-0.39, 0.29) is 18.1 Å². The number of hydrogen-bond donors (Lipinski definition) is 2. The molecule has 5 heteroatoms. The Hall–Kier alpha value is -2.37. The first kappa shape index (κ1) is 19.4. The molecule has 0 aliphatic carbocycles. The third-order valence-corrected chi connectivity index (χ3v) is 5.13. The maximum atomic E-state index is 12.5. The van der Waals surface area contributed by atoms with E-state index in [0.29, 0.717) is 6.54 Å². The van der Waals surface area contributed by atoms with Gasteiger partial charge in [0.1, 0.15) is 0 Å². The summed E-state index contributed by atoms with van der Waals surface area (Å²) in [5, 5.41) is 6.12. The molecular formula is C22H29N3O2. The lowest BCUT2D eigenvalue weighted by atomic mass is 10.0. The number of morpholine rings is 1. The predicted molar refractivity (Wildman–Crippen MR) is 108 cm³/mol. The molecule has 2 aromatic rings. The minimum atomic E-state index is -0.139. The Kier molecular flexibility index (Phi) is 6.85. The summed E-state index contributed by atoms with van der Waals surface area (Å²) in [5.74, 6) is 0. The fourth-order valence-corrected chi connectivity index (χ4v) is 3.61. The lowest BCUT2D eigenvalue weighted by molar-refractivity contribution is 0.0167. The molecule has 1 aliphatic rings. The van der Waals surface area contributed by atoms with Crippen molar-refractivity contribution in [3.63, 3.8) is 0 Å². The molecule has 1 fully saturated rings. The van der Waals surface area contributed by atoms with Gasteiger partial charge in [0.15, 0.2) is 0 Å². The highest BCUT2D eigenvalue weighted by Crippen LogP contribution is 2.21. The van der Waals surface area contributed by atoms with E-state index in [1.165, 1.54) is 11.1 Å². The summed E-state index contributed by atoms with van der Waals surface area (Å²) in [4.78, 5) is 14.9. The number of carbonyl (C=O) groups is 1. The van der Waals surface area contributed by atoms with Crippen molar-refractivity contribution in [2.45, 2.75) is 25.9 Å². The van der Waals surface area contributed by atoms with Gasteiger partial charge in [0.05, 0.1) is 25.3 Å². The van der Waals surface area contributed by atoms with Crippen LogP contribution in [0.1, 0.15) is 35.7 Å². The third-order valence-electron chi connectivity index (χ3n) is 5.13. The number of rotatable bonds is 6. The molecule has 2 atom stereocenters. The van der Waals surface area contributed by atoms with Crippen molar-refractivity contribution in [1.82, 2.24) is 15.5 Å². The molecule has 0 unspecified atom stereocenters. The SMILES string of the molecule is Cc1ccccc1[C@H](C)NC(=O)NC[C@H](c1ccccc1)N1CCOCC1. The van der Waals surface area contributed by atoms with Crippen LogP contribution < -0.4 is 10.6 Å². The van der Waals surface area contributed by atoms with E-state index in [1.807, 2.05) is 37.3 Å². The van der Waals surface area contributed by atoms with Gasteiger partial charge in [-0.3, -0.25) is 4.90 Å². The van der Waals surface area contributed by atoms with Crippen LogP contribution in [0.2, 0.25) is 0 Å². The van der Waals surface area contributed by atoms with Gasteiger partial charge in [0.2, 0.25) is 0 Å². The number of amides is 2. The Morgan fingerprint density at radius 2 is 1.74 bits per heavy atom. The Balaban J connectivity index is 1.61. The van der Waals surface area contributed by atoms with Crippen molar-refractivity contribution < 1.29 is 9.53 Å². The molecule has 0 spiro atoms. The minimum Gasteiger partial charge on any atom is -0.379 e. The maximum absolute atomic E-state index is 12.5. The van der Waals surface area contributed by atoms with E-state index in [4.69, 9.17) is 4.74 Å². The van der Waals surface area contributed by atoms with Crippen LogP contribution in [0.15, 0.2) is 54.6 Å². The Morgan fingerprint density at radius 3 is 2.44 bits per heavy atom. The molecule has 0 radical (unpaired) electrons. The lowest BCUT2D eigenvalue weighted by Crippen LogP contribution is -2.46. The first-order valence-corrected chi connectivity index (χ1v) is 9.62. The third kappa shape index (κ3) is 5.31. The Labute approximate surface area is 161 Å². The van der Waals surface area contributed by atoms with Crippen LogP contribution in [-0.4, -0.2) is 43.8 Å². The molecule has 0 aromatic heterocycles. The zero-order chi connectivity index (χ0) is 19.1. The van der Waals surface area contributed by atoms with Crippen LogP contribution >= 0.6 is 0 Å². The molecule has 0 saturated carbocycles. The van der Waals surface area contributed by atoms with Crippen LogP contribution in [-0.2, 0) is 4.74 Å². The molecule has 2 N–H and O–H groups in total. The number of urea groups is 1. The quantitative estimate of drug-likeness (QED) is 0.822. The van der Waals surface area contributed by atoms with E-state index in [2.05, 4.69) is 46.7 Å². The van der Waals surface area contributed by atoms with Gasteiger partial charge in [0.25, 0.3) is 0 Å². The van der Waals surface area contributed by atoms with Gasteiger partial charge in [-0.2, -0.15) is 0 Å². The molecule has 2 amide bonds. The van der Waals surface area contributed by atoms with Crippen LogP contribution in [0.5, 0.6) is 0 Å². The number of nitrogens with zero attached hydrogens (tertiary/aromatic N) is 1. The highest BCUT2D eigenvalue weighted by molar-refractivity contribution is 5.74. The number of benzene rings is 2. The molecule has 3 rings (SSSR count). The van der Waals surface area contributed by atoms with Gasteiger partial charge in [-0.15, -0.1) is 0 Å². The average molecular weight is 367 g/mol. The molecule has 0 bridgehead atoms. The number of carbonyl (C=O) groups excluding carboxylic acids is 1. The molecule has 144 valence electrons. The normalized spacial score (nSPS) is 17.1. The summed E-state index contributed by atoms with van der Waals surface area (Å²) in [7, 11) is 0. The van der Waals surface area contributed by atoms with Crippen molar-refractivity contribution in [3.05, 3.63) is 71.3 Å². The van der Waals surface area contributed by atoms with Gasteiger partial charge in [-0.05, 0) is 30.5 Å². The first-order chi connectivity index (χ1) is 13.1. The topological polar surface area (TPSA) is 53.6 Å². The fourth-order valence-electron chi connectivity index (χ4n) is 3.61. The standard InChI is InChI=1S/C22H29N3O2/c1-17-8-6-7-11-20(17)18(2)24-22(26)23-16-21(19-9-4-3-5-10-19)25-12-14-27-15-13-25/h3-11,18,21H,12-16H2,1-2H3,(H2,23,24,26)/t18-,21+/m0/s1. The zero-order valence-corrected chi connectivity index (χ0v) is 16.2. The minimum absolute atomic E-state index is 0.0373. The summed E-state index contributed by atoms with van der Waals surface area (Å²) < 4.78 is 5.48. The molecule has 1 aliphatic heterocycles. The number of aryl methyl sites for hydroxylation is 1. The molecule has 1 heterocycles. The van der Waals surface area contributed by atoms with Crippen molar-refractivity contribution >= 4 is 6.03 Å². The van der Waals surface area contributed by atoms with E-state index < -0.39 is 0 Å². The number of hydrogen-bond acceptors (Lipinski definition) is 3. The largest absolute Gasteiger partial charge is 0.379 e. The zero-order valence-electron chi connectivity index (χ0n) is 16.2. The molecule has 5 nitrogen and oxygen atoms in total. The highest BCUT2D eigenvalue weighted by Gasteiger charge is 2.23. The predicted octanol–water partition coefficient (Wildman–Crippen LogP) is 3.43. The van der Waals surface area contributed by atoms with E-state index in [1.54, 1.807) is 0 Å². The summed E-state index contributed by atoms with van der Waals surface area (Å²) in [5.41, 5.74) is 3.54. The summed E-state index contributed by atoms with van der Waals surface area (Å²) in [6.45, 7) is 7.87. The van der Waals surface area contributed by atoms with Gasteiger partial charge >= 0.3 is 6.03 Å². The smallest absolute Gasteiger partial charge is 0.315 e. The number of nitrogens with one attached hydrogen (secondary N) is 2. The van der Waals surface area contributed by atoms with Gasteiger partial charge < -0.3 is 15.4 Å². The molecule has 1 saturated heterocycles. The first-order valence-electron chi connectivity index (χ1n) is 9.62. The molecular weight excluding hydrogens is 338 g/mol. The monoisotopic (exact) mass is 367 g/mol. The van der Waals surface area contributed by atoms with E-state index in [9.17, 15) is 4.79 Å². The van der Waals surface area contributed by atoms with Crippen LogP contribution in [0.4, 0.5) is 4.79 Å². The van der Waals surface area contributed by atoms with Crippen LogP contribution in [0.25, 0.3) is 0 Å². The van der Waals surface area contributed by atoms with E-state index in [0.717, 1.165) is 31.9 Å². The second kappa shape index (κ2) is 9.53. The van der Waals surface area contributed by atoms with Crippen molar-refractivity contribution in [3.8, 4) is 0 Å². The van der Waals surface area contributed by atoms with Crippen molar-refractivity contribution in [1.29, 1.82) is 0 Å². The lowest BCUT2D eigenvalue weighted by Gasteiger charge is -2.35. The van der Waals surface area contributed by atoms with Crippen LogP contribution in [0, 0.1) is 6.92 Å². The summed E-state index contributed by atoms with van der Waals surface area (Å²) in [6, 6.07) is 18.5. The van der Waals surface area contributed by atoms with Crippen LogP contribution in [0.3, 0.4) is 0 Å². The maximum Gasteiger partial charge on any atom is 0.315 e. The fraction of sp³-hybridized carbons (Fsp3) is 0.409. The van der Waals surface area contributed by atoms with Crippen molar-refractivity contribution in [2.75, 3.05) is 32.8 Å². The second-order valence-electron chi connectivity index (χ2n) is 7.01. The highest BCUT2D eigenvalue weighted by atomic mass is 16.5. The van der Waals surface area contributed by atoms with E-state index >= 15 is 0 Å². The molecule has 2 aromatic carbocycles. The summed E-state index contributed by atoms with van der Waals surface area (Å²) >= 11 is 0. The Morgan fingerprint density at radius 1 is 1.07 bits per heavy atom. The average Bonchev–Trinajstić information content (AvgIpc) is 2.70. The number of ether oxygens (including phenoxy) is 1. The second-order valence-corrected chi connectivity index (χ2v) is 7.01. The van der Waals surface area contributed by atoms with Gasteiger partial charge in [0, 0.05) is 19.6 Å². The van der Waals surface area contributed by atoms with Gasteiger partial charge in [-0.1, -0.05) is 54.6 Å². The Bertz CT molecular complexity index is 729. The summed E-state index contributed by atoms with van der Waals surface area (Å²) in [6.07, 6.45) is 0. The molecule has 27 heavy (non-hydrogen) atoms.